The molecule has 1 aromatic rings. The van der Waals surface area contributed by atoms with E-state index in [9.17, 15) is 12.8 Å². The van der Waals surface area contributed by atoms with Crippen molar-refractivity contribution >= 4 is 26.0 Å². The number of hydrogen-bond donors (Lipinski definition) is 1. The monoisotopic (exact) mass is 306 g/mol. The average Bonchev–Trinajstić information content (AvgIpc) is 2.19. The lowest BCUT2D eigenvalue weighted by atomic mass is 10.2. The van der Waals surface area contributed by atoms with Gasteiger partial charge in [-0.1, -0.05) is 15.9 Å². The zero-order valence-electron chi connectivity index (χ0n) is 8.07. The summed E-state index contributed by atoms with van der Waals surface area (Å²) in [6, 6.07) is 5.74. The summed E-state index contributed by atoms with van der Waals surface area (Å²) in [6.45, 7) is -0.171. The van der Waals surface area contributed by atoms with Gasteiger partial charge in [0.1, 0.15) is 5.82 Å². The molecule has 0 heterocycles. The van der Waals surface area contributed by atoms with Gasteiger partial charge in [-0.2, -0.15) is 5.26 Å². The van der Waals surface area contributed by atoms with E-state index in [1.165, 1.54) is 24.3 Å². The van der Waals surface area contributed by atoms with Crippen LogP contribution in [0.5, 0.6) is 0 Å². The Balaban J connectivity index is 2.76. The summed E-state index contributed by atoms with van der Waals surface area (Å²) in [5.74, 6) is -1.13. The quantitative estimate of drug-likeness (QED) is 0.917. The Morgan fingerprint density at radius 2 is 2.19 bits per heavy atom. The largest absolute Gasteiger partial charge is 0.225 e. The van der Waals surface area contributed by atoms with Gasteiger partial charge >= 0.3 is 0 Å². The third-order valence-corrected chi connectivity index (χ3v) is 3.33. The van der Waals surface area contributed by atoms with E-state index >= 15 is 0 Å². The number of hydrogen-bond acceptors (Lipinski definition) is 3. The normalized spacial score (nSPS) is 11.1. The number of rotatable bonds is 4. The topological polar surface area (TPSA) is 70.0 Å². The van der Waals surface area contributed by atoms with E-state index in [-0.39, 0.29) is 12.1 Å². The molecule has 0 saturated heterocycles. The fraction of sp³-hybridized carbons (Fsp3) is 0.222. The van der Waals surface area contributed by atoms with Gasteiger partial charge in [-0.15, -0.1) is 0 Å². The molecule has 0 aromatic heterocycles. The molecule has 0 radical (unpaired) electrons. The predicted molar refractivity (Wildman–Crippen MR) is 60.3 cm³/mol. The van der Waals surface area contributed by atoms with Crippen LogP contribution in [0.1, 0.15) is 5.56 Å². The first-order valence-electron chi connectivity index (χ1n) is 4.23. The SMILES string of the molecule is N#CCS(=O)(=O)NCc1cc(Br)ccc1F. The molecule has 0 bridgehead atoms. The summed E-state index contributed by atoms with van der Waals surface area (Å²) in [6.07, 6.45) is 0. The van der Waals surface area contributed by atoms with Crippen LogP contribution in [0.25, 0.3) is 0 Å². The summed E-state index contributed by atoms with van der Waals surface area (Å²) >= 11 is 3.15. The molecule has 1 N–H and O–H groups in total. The van der Waals surface area contributed by atoms with E-state index in [0.29, 0.717) is 4.47 Å². The van der Waals surface area contributed by atoms with E-state index in [4.69, 9.17) is 5.26 Å². The van der Waals surface area contributed by atoms with Crippen LogP contribution >= 0.6 is 15.9 Å². The van der Waals surface area contributed by atoms with E-state index in [1.807, 2.05) is 0 Å². The van der Waals surface area contributed by atoms with Gasteiger partial charge in [0.25, 0.3) is 0 Å². The second-order valence-electron chi connectivity index (χ2n) is 2.97. The summed E-state index contributed by atoms with van der Waals surface area (Å²) in [4.78, 5) is 0. The molecule has 0 fully saturated rings. The highest BCUT2D eigenvalue weighted by molar-refractivity contribution is 9.10. The van der Waals surface area contributed by atoms with Crippen LogP contribution in [0, 0.1) is 17.1 Å². The minimum absolute atomic E-state index is 0.171. The fourth-order valence-electron chi connectivity index (χ4n) is 1.00. The van der Waals surface area contributed by atoms with Crippen LogP contribution in [0.3, 0.4) is 0 Å². The van der Waals surface area contributed by atoms with Crippen molar-refractivity contribution in [1.29, 1.82) is 5.26 Å². The van der Waals surface area contributed by atoms with Gasteiger partial charge in [0.05, 0.1) is 6.07 Å². The number of sulfonamides is 1. The Morgan fingerprint density at radius 1 is 1.50 bits per heavy atom. The highest BCUT2D eigenvalue weighted by Gasteiger charge is 2.10. The molecule has 86 valence electrons. The Morgan fingerprint density at radius 3 is 2.81 bits per heavy atom. The van der Waals surface area contributed by atoms with E-state index in [0.717, 1.165) is 0 Å². The van der Waals surface area contributed by atoms with Crippen LogP contribution in [0.2, 0.25) is 0 Å². The Hall–Kier alpha value is -0.970. The smallest absolute Gasteiger partial charge is 0.211 e. The Kier molecular flexibility index (Phi) is 4.41. The van der Waals surface area contributed by atoms with Crippen molar-refractivity contribution in [2.24, 2.45) is 0 Å². The molecule has 4 nitrogen and oxygen atoms in total. The minimum atomic E-state index is -3.65. The molecule has 0 saturated carbocycles. The van der Waals surface area contributed by atoms with Crippen molar-refractivity contribution < 1.29 is 12.8 Å². The number of nitrogens with one attached hydrogen (secondary N) is 1. The van der Waals surface area contributed by atoms with Crippen molar-refractivity contribution in [3.8, 4) is 6.07 Å². The molecule has 0 aliphatic carbocycles. The van der Waals surface area contributed by atoms with Gasteiger partial charge in [-0.25, -0.2) is 17.5 Å². The van der Waals surface area contributed by atoms with E-state index < -0.39 is 21.6 Å². The van der Waals surface area contributed by atoms with Gasteiger partial charge in [0, 0.05) is 16.6 Å². The lowest BCUT2D eigenvalue weighted by Gasteiger charge is -2.05. The Bertz CT molecular complexity index is 525. The molecule has 0 spiro atoms. The third-order valence-electron chi connectivity index (χ3n) is 1.74. The number of benzene rings is 1. The van der Waals surface area contributed by atoms with Crippen LogP contribution in [0.4, 0.5) is 4.39 Å². The van der Waals surface area contributed by atoms with Crippen LogP contribution in [-0.2, 0) is 16.6 Å². The first-order chi connectivity index (χ1) is 7.44. The summed E-state index contributed by atoms with van der Waals surface area (Å²) in [7, 11) is -3.65. The summed E-state index contributed by atoms with van der Waals surface area (Å²) in [5.41, 5.74) is 0.218. The molecule has 7 heteroatoms. The van der Waals surface area contributed by atoms with E-state index in [2.05, 4.69) is 20.7 Å². The highest BCUT2D eigenvalue weighted by atomic mass is 79.9. The first-order valence-corrected chi connectivity index (χ1v) is 6.67. The molecule has 0 unspecified atom stereocenters. The molecule has 1 aromatic carbocycles. The van der Waals surface area contributed by atoms with Gasteiger partial charge in [0.15, 0.2) is 5.75 Å². The maximum atomic E-state index is 13.2. The molecule has 0 atom stereocenters. The fourth-order valence-corrected chi connectivity index (χ4v) is 2.06. The van der Waals surface area contributed by atoms with Gasteiger partial charge in [-0.3, -0.25) is 0 Å². The van der Waals surface area contributed by atoms with Crippen molar-refractivity contribution in [2.45, 2.75) is 6.54 Å². The first kappa shape index (κ1) is 13.1. The zero-order valence-corrected chi connectivity index (χ0v) is 10.5. The van der Waals surface area contributed by atoms with Crippen molar-refractivity contribution in [3.63, 3.8) is 0 Å². The average molecular weight is 307 g/mol. The van der Waals surface area contributed by atoms with Gasteiger partial charge in [-0.05, 0) is 18.2 Å². The second-order valence-corrected chi connectivity index (χ2v) is 5.70. The second kappa shape index (κ2) is 5.39. The van der Waals surface area contributed by atoms with Gasteiger partial charge < -0.3 is 0 Å². The molecular formula is C9H8BrFN2O2S. The van der Waals surface area contributed by atoms with E-state index in [1.54, 1.807) is 0 Å². The van der Waals surface area contributed by atoms with Crippen molar-refractivity contribution in [3.05, 3.63) is 34.1 Å². The molecular weight excluding hydrogens is 299 g/mol. The zero-order chi connectivity index (χ0) is 12.2. The molecule has 16 heavy (non-hydrogen) atoms. The number of nitrogens with zero attached hydrogens (tertiary/aromatic N) is 1. The van der Waals surface area contributed by atoms with Gasteiger partial charge in [0.2, 0.25) is 10.0 Å². The highest BCUT2D eigenvalue weighted by Crippen LogP contribution is 2.15. The lowest BCUT2D eigenvalue weighted by Crippen LogP contribution is -2.25. The Labute approximate surface area is 101 Å². The van der Waals surface area contributed by atoms with Crippen molar-refractivity contribution in [1.82, 2.24) is 4.72 Å². The molecule has 0 aliphatic rings. The molecule has 1 rings (SSSR count). The number of halogens is 2. The summed E-state index contributed by atoms with van der Waals surface area (Å²) in [5, 5.41) is 8.25. The lowest BCUT2D eigenvalue weighted by molar-refractivity contribution is 0.577. The predicted octanol–water partition coefficient (Wildman–Crippen LogP) is 1.53. The molecule has 0 aliphatic heterocycles. The summed E-state index contributed by atoms with van der Waals surface area (Å²) < 4.78 is 38.3. The van der Waals surface area contributed by atoms with Crippen LogP contribution in [0.15, 0.2) is 22.7 Å². The third kappa shape index (κ3) is 3.89. The maximum absolute atomic E-state index is 13.2. The van der Waals surface area contributed by atoms with Crippen LogP contribution in [-0.4, -0.2) is 14.2 Å². The minimum Gasteiger partial charge on any atom is -0.211 e. The number of nitriles is 1. The standard InChI is InChI=1S/C9H8BrFN2O2S/c10-8-1-2-9(11)7(5-8)6-13-16(14,15)4-3-12/h1-2,5,13H,4,6H2. The maximum Gasteiger partial charge on any atom is 0.225 e. The van der Waals surface area contributed by atoms with Crippen LogP contribution < -0.4 is 4.72 Å². The molecule has 0 amide bonds. The van der Waals surface area contributed by atoms with Crippen molar-refractivity contribution in [2.75, 3.05) is 5.75 Å².